The zero-order chi connectivity index (χ0) is 14.2. The molecule has 1 aliphatic carbocycles. The van der Waals surface area contributed by atoms with Gasteiger partial charge in [-0.15, -0.1) is 0 Å². The smallest absolute Gasteiger partial charge is 0.335 e. The first-order chi connectivity index (χ1) is 9.75. The van der Waals surface area contributed by atoms with Gasteiger partial charge in [0.15, 0.2) is 0 Å². The second-order valence-electron chi connectivity index (χ2n) is 5.31. The summed E-state index contributed by atoms with van der Waals surface area (Å²) >= 11 is 0. The van der Waals surface area contributed by atoms with Crippen LogP contribution in [0, 0.1) is 0 Å². The van der Waals surface area contributed by atoms with Crippen LogP contribution in [0.3, 0.4) is 0 Å². The van der Waals surface area contributed by atoms with Crippen LogP contribution in [0.25, 0.3) is 0 Å². The van der Waals surface area contributed by atoms with Crippen LogP contribution in [0.5, 0.6) is 0 Å². The molecule has 0 bridgehead atoms. The van der Waals surface area contributed by atoms with Gasteiger partial charge >= 0.3 is 5.97 Å². The number of rotatable bonds is 8. The average molecular weight is 277 g/mol. The van der Waals surface area contributed by atoms with Crippen LogP contribution in [-0.4, -0.2) is 30.3 Å². The van der Waals surface area contributed by atoms with Gasteiger partial charge in [0, 0.05) is 13.2 Å². The molecule has 4 nitrogen and oxygen atoms in total. The highest BCUT2D eigenvalue weighted by Crippen LogP contribution is 2.20. The van der Waals surface area contributed by atoms with Crippen molar-refractivity contribution in [3.05, 3.63) is 35.4 Å². The Morgan fingerprint density at radius 3 is 2.90 bits per heavy atom. The van der Waals surface area contributed by atoms with Crippen molar-refractivity contribution in [3.63, 3.8) is 0 Å². The number of aromatic carboxylic acids is 1. The van der Waals surface area contributed by atoms with Crippen molar-refractivity contribution in [1.29, 1.82) is 0 Å². The molecule has 0 radical (unpaired) electrons. The van der Waals surface area contributed by atoms with E-state index in [0.717, 1.165) is 25.1 Å². The third-order valence-corrected chi connectivity index (χ3v) is 3.66. The van der Waals surface area contributed by atoms with Crippen molar-refractivity contribution in [2.75, 3.05) is 13.2 Å². The van der Waals surface area contributed by atoms with Gasteiger partial charge in [-0.05, 0) is 43.5 Å². The Labute approximate surface area is 120 Å². The van der Waals surface area contributed by atoms with Gasteiger partial charge < -0.3 is 15.2 Å². The maximum absolute atomic E-state index is 10.9. The van der Waals surface area contributed by atoms with E-state index in [4.69, 9.17) is 9.84 Å². The Morgan fingerprint density at radius 1 is 1.35 bits per heavy atom. The maximum Gasteiger partial charge on any atom is 0.335 e. The summed E-state index contributed by atoms with van der Waals surface area (Å²) in [5.41, 5.74) is 1.34. The van der Waals surface area contributed by atoms with Gasteiger partial charge in [-0.25, -0.2) is 4.79 Å². The highest BCUT2D eigenvalue weighted by molar-refractivity contribution is 5.87. The fraction of sp³-hybridized carbons (Fsp3) is 0.562. The number of hydrogen-bond acceptors (Lipinski definition) is 3. The van der Waals surface area contributed by atoms with Gasteiger partial charge in [0.25, 0.3) is 0 Å². The van der Waals surface area contributed by atoms with Crippen molar-refractivity contribution < 1.29 is 14.6 Å². The summed E-state index contributed by atoms with van der Waals surface area (Å²) < 4.78 is 5.79. The highest BCUT2D eigenvalue weighted by atomic mass is 16.5. The van der Waals surface area contributed by atoms with Gasteiger partial charge in [0.1, 0.15) is 0 Å². The lowest BCUT2D eigenvalue weighted by Gasteiger charge is -2.11. The van der Waals surface area contributed by atoms with Crippen LogP contribution in [0.4, 0.5) is 0 Å². The fourth-order valence-corrected chi connectivity index (χ4v) is 2.55. The van der Waals surface area contributed by atoms with Gasteiger partial charge in [0.2, 0.25) is 0 Å². The first kappa shape index (κ1) is 15.0. The van der Waals surface area contributed by atoms with Crippen molar-refractivity contribution in [1.82, 2.24) is 5.32 Å². The SMILES string of the molecule is O=C(O)c1cccc(CNCCCOC2CCCC2)c1. The van der Waals surface area contributed by atoms with E-state index in [9.17, 15) is 4.79 Å². The summed E-state index contributed by atoms with van der Waals surface area (Å²) in [6.07, 6.45) is 6.54. The first-order valence-electron chi connectivity index (χ1n) is 7.40. The molecule has 1 fully saturated rings. The van der Waals surface area contributed by atoms with Crippen molar-refractivity contribution >= 4 is 5.97 Å². The molecule has 2 rings (SSSR count). The van der Waals surface area contributed by atoms with E-state index in [-0.39, 0.29) is 0 Å². The molecular formula is C16H23NO3. The van der Waals surface area contributed by atoms with Crippen LogP contribution in [0.2, 0.25) is 0 Å². The molecular weight excluding hydrogens is 254 g/mol. The zero-order valence-corrected chi connectivity index (χ0v) is 11.8. The molecule has 1 aliphatic rings. The Bertz CT molecular complexity index is 427. The number of benzene rings is 1. The summed E-state index contributed by atoms with van der Waals surface area (Å²) in [7, 11) is 0. The lowest BCUT2D eigenvalue weighted by molar-refractivity contribution is 0.0568. The van der Waals surface area contributed by atoms with E-state index in [0.29, 0.717) is 18.2 Å². The second kappa shape index (κ2) is 8.02. The van der Waals surface area contributed by atoms with E-state index in [1.165, 1.54) is 25.7 Å². The van der Waals surface area contributed by atoms with E-state index >= 15 is 0 Å². The molecule has 20 heavy (non-hydrogen) atoms. The number of carbonyl (C=O) groups is 1. The molecule has 0 saturated heterocycles. The number of carboxylic acid groups (broad SMARTS) is 1. The Balaban J connectivity index is 1.58. The zero-order valence-electron chi connectivity index (χ0n) is 11.8. The second-order valence-corrected chi connectivity index (χ2v) is 5.31. The van der Waals surface area contributed by atoms with Crippen LogP contribution >= 0.6 is 0 Å². The predicted molar refractivity (Wildman–Crippen MR) is 77.9 cm³/mol. The molecule has 0 amide bonds. The van der Waals surface area contributed by atoms with Crippen LogP contribution in [0.1, 0.15) is 48.0 Å². The summed E-state index contributed by atoms with van der Waals surface area (Å²) in [6, 6.07) is 7.05. The molecule has 0 atom stereocenters. The minimum absolute atomic E-state index is 0.342. The number of nitrogens with one attached hydrogen (secondary N) is 1. The third kappa shape index (κ3) is 4.94. The summed E-state index contributed by atoms with van der Waals surface area (Å²) in [5, 5.41) is 12.2. The quantitative estimate of drug-likeness (QED) is 0.717. The molecule has 4 heteroatoms. The lowest BCUT2D eigenvalue weighted by atomic mass is 10.1. The fourth-order valence-electron chi connectivity index (χ4n) is 2.55. The molecule has 1 aromatic carbocycles. The van der Waals surface area contributed by atoms with Crippen molar-refractivity contribution in [3.8, 4) is 0 Å². The molecule has 110 valence electrons. The van der Waals surface area contributed by atoms with E-state index in [2.05, 4.69) is 5.32 Å². The molecule has 0 heterocycles. The first-order valence-corrected chi connectivity index (χ1v) is 7.40. The monoisotopic (exact) mass is 277 g/mol. The lowest BCUT2D eigenvalue weighted by Crippen LogP contribution is -2.18. The molecule has 0 aromatic heterocycles. The minimum atomic E-state index is -0.878. The summed E-state index contributed by atoms with van der Waals surface area (Å²) in [6.45, 7) is 2.40. The molecule has 0 spiro atoms. The molecule has 1 saturated carbocycles. The largest absolute Gasteiger partial charge is 0.478 e. The normalized spacial score (nSPS) is 15.6. The third-order valence-electron chi connectivity index (χ3n) is 3.66. The topological polar surface area (TPSA) is 58.6 Å². The molecule has 0 unspecified atom stereocenters. The van der Waals surface area contributed by atoms with Gasteiger partial charge in [-0.2, -0.15) is 0 Å². The average Bonchev–Trinajstić information content (AvgIpc) is 2.96. The number of hydrogen-bond donors (Lipinski definition) is 2. The van der Waals surface area contributed by atoms with Crippen LogP contribution in [0.15, 0.2) is 24.3 Å². The Kier molecular flexibility index (Phi) is 6.02. The predicted octanol–water partition coefficient (Wildman–Crippen LogP) is 2.82. The number of carboxylic acids is 1. The number of ether oxygens (including phenoxy) is 1. The minimum Gasteiger partial charge on any atom is -0.478 e. The summed E-state index contributed by atoms with van der Waals surface area (Å²) in [5.74, 6) is -0.878. The van der Waals surface area contributed by atoms with E-state index in [1.54, 1.807) is 18.2 Å². The van der Waals surface area contributed by atoms with Gasteiger partial charge in [-0.3, -0.25) is 0 Å². The van der Waals surface area contributed by atoms with Crippen LogP contribution < -0.4 is 5.32 Å². The van der Waals surface area contributed by atoms with Crippen molar-refractivity contribution in [2.45, 2.75) is 44.8 Å². The Hall–Kier alpha value is -1.39. The van der Waals surface area contributed by atoms with Crippen molar-refractivity contribution in [2.24, 2.45) is 0 Å². The van der Waals surface area contributed by atoms with Gasteiger partial charge in [0.05, 0.1) is 11.7 Å². The molecule has 2 N–H and O–H groups in total. The highest BCUT2D eigenvalue weighted by Gasteiger charge is 2.14. The standard InChI is InChI=1S/C16H23NO3/c18-16(19)14-6-3-5-13(11-14)12-17-9-4-10-20-15-7-1-2-8-15/h3,5-6,11,15,17H,1-2,4,7-10,12H2,(H,18,19). The van der Waals surface area contributed by atoms with Gasteiger partial charge in [-0.1, -0.05) is 25.0 Å². The summed E-state index contributed by atoms with van der Waals surface area (Å²) in [4.78, 5) is 10.9. The Morgan fingerprint density at radius 2 is 2.15 bits per heavy atom. The maximum atomic E-state index is 10.9. The van der Waals surface area contributed by atoms with E-state index in [1.807, 2.05) is 6.07 Å². The van der Waals surface area contributed by atoms with Crippen LogP contribution in [-0.2, 0) is 11.3 Å². The molecule has 0 aliphatic heterocycles. The molecule has 1 aromatic rings. The van der Waals surface area contributed by atoms with E-state index < -0.39 is 5.97 Å².